The fourth-order valence-corrected chi connectivity index (χ4v) is 1.59. The Morgan fingerprint density at radius 1 is 1.50 bits per heavy atom. The molecule has 1 N–H and O–H groups in total. The minimum Gasteiger partial charge on any atom is -0.467 e. The minimum atomic E-state index is -1.36. The van der Waals surface area contributed by atoms with Crippen LogP contribution < -0.4 is 0 Å². The van der Waals surface area contributed by atoms with Crippen LogP contribution in [0.4, 0.5) is 0 Å². The Morgan fingerprint density at radius 2 is 2.25 bits per heavy atom. The zero-order chi connectivity index (χ0) is 11.7. The van der Waals surface area contributed by atoms with Crippen LogP contribution in [0.1, 0.15) is 17.4 Å². The lowest BCUT2D eigenvalue weighted by atomic mass is 10.1. The molecule has 1 heterocycles. The van der Waals surface area contributed by atoms with Crippen LogP contribution in [0.5, 0.6) is 0 Å². The Hall–Kier alpha value is -1.81. The van der Waals surface area contributed by atoms with Gasteiger partial charge in [-0.3, -0.25) is 0 Å². The summed E-state index contributed by atoms with van der Waals surface area (Å²) in [5.41, 5.74) is 1.68. The average molecular weight is 220 g/mol. The van der Waals surface area contributed by atoms with E-state index in [9.17, 15) is 9.90 Å². The number of benzene rings is 1. The SMILES string of the molecule is COC(=O)C(O)c1cc2c(C)cccc2o1. The van der Waals surface area contributed by atoms with Gasteiger partial charge in [-0.05, 0) is 24.6 Å². The van der Waals surface area contributed by atoms with Gasteiger partial charge in [0.2, 0.25) is 6.10 Å². The van der Waals surface area contributed by atoms with Crippen molar-refractivity contribution in [3.8, 4) is 0 Å². The number of aliphatic hydroxyl groups excluding tert-OH is 1. The predicted molar refractivity (Wildman–Crippen MR) is 57.9 cm³/mol. The average Bonchev–Trinajstić information content (AvgIpc) is 2.72. The van der Waals surface area contributed by atoms with E-state index in [-0.39, 0.29) is 5.76 Å². The summed E-state index contributed by atoms with van der Waals surface area (Å²) in [7, 11) is 1.22. The summed E-state index contributed by atoms with van der Waals surface area (Å²) in [6.07, 6.45) is -1.36. The molecular weight excluding hydrogens is 208 g/mol. The molecule has 0 bridgehead atoms. The molecule has 0 fully saturated rings. The molecule has 1 aromatic carbocycles. The maximum Gasteiger partial charge on any atom is 0.342 e. The Labute approximate surface area is 92.4 Å². The van der Waals surface area contributed by atoms with Gasteiger partial charge in [0.25, 0.3) is 0 Å². The molecule has 84 valence electrons. The zero-order valence-corrected chi connectivity index (χ0v) is 9.06. The second kappa shape index (κ2) is 3.98. The van der Waals surface area contributed by atoms with Crippen molar-refractivity contribution in [2.24, 2.45) is 0 Å². The smallest absolute Gasteiger partial charge is 0.342 e. The molecule has 0 spiro atoms. The summed E-state index contributed by atoms with van der Waals surface area (Å²) < 4.78 is 9.83. The van der Waals surface area contributed by atoms with Crippen molar-refractivity contribution in [2.75, 3.05) is 7.11 Å². The molecule has 0 aliphatic rings. The van der Waals surface area contributed by atoms with Crippen molar-refractivity contribution in [1.29, 1.82) is 0 Å². The lowest BCUT2D eigenvalue weighted by Crippen LogP contribution is -2.12. The Bertz CT molecular complexity index is 527. The van der Waals surface area contributed by atoms with Gasteiger partial charge in [-0.15, -0.1) is 0 Å². The lowest BCUT2D eigenvalue weighted by Gasteiger charge is -2.03. The third-order valence-electron chi connectivity index (χ3n) is 2.49. The van der Waals surface area contributed by atoms with E-state index in [4.69, 9.17) is 4.42 Å². The normalized spacial score (nSPS) is 12.7. The van der Waals surface area contributed by atoms with Crippen LogP contribution in [-0.4, -0.2) is 18.2 Å². The number of methoxy groups -OCH3 is 1. The molecule has 0 saturated carbocycles. The highest BCUT2D eigenvalue weighted by molar-refractivity contribution is 5.84. The number of hydrogen-bond donors (Lipinski definition) is 1. The highest BCUT2D eigenvalue weighted by atomic mass is 16.5. The molecule has 2 rings (SSSR count). The highest BCUT2D eigenvalue weighted by Crippen LogP contribution is 2.26. The van der Waals surface area contributed by atoms with Gasteiger partial charge >= 0.3 is 5.97 Å². The van der Waals surface area contributed by atoms with Gasteiger partial charge in [0.15, 0.2) is 0 Å². The number of hydrogen-bond acceptors (Lipinski definition) is 4. The maximum absolute atomic E-state index is 11.1. The van der Waals surface area contributed by atoms with Crippen LogP contribution in [0.25, 0.3) is 11.0 Å². The monoisotopic (exact) mass is 220 g/mol. The molecule has 0 amide bonds. The summed E-state index contributed by atoms with van der Waals surface area (Å²) >= 11 is 0. The van der Waals surface area contributed by atoms with Crippen LogP contribution >= 0.6 is 0 Å². The molecule has 1 unspecified atom stereocenters. The molecular formula is C12H12O4. The standard InChI is InChI=1S/C12H12O4/c1-7-4-3-5-9-8(7)6-10(16-9)11(13)12(14)15-2/h3-6,11,13H,1-2H3. The van der Waals surface area contributed by atoms with E-state index < -0.39 is 12.1 Å². The Kier molecular flexibility index (Phi) is 2.66. The van der Waals surface area contributed by atoms with E-state index in [1.807, 2.05) is 19.1 Å². The van der Waals surface area contributed by atoms with Crippen molar-refractivity contribution >= 4 is 16.9 Å². The summed E-state index contributed by atoms with van der Waals surface area (Å²) in [5, 5.41) is 10.5. The first kappa shape index (κ1) is 10.7. The van der Waals surface area contributed by atoms with Gasteiger partial charge in [-0.2, -0.15) is 0 Å². The first-order chi connectivity index (χ1) is 7.63. The van der Waals surface area contributed by atoms with Crippen molar-refractivity contribution in [3.63, 3.8) is 0 Å². The van der Waals surface area contributed by atoms with Crippen molar-refractivity contribution in [2.45, 2.75) is 13.0 Å². The number of carbonyl (C=O) groups excluding carboxylic acids is 1. The van der Waals surface area contributed by atoms with Gasteiger partial charge in [0.05, 0.1) is 7.11 Å². The summed E-state index contributed by atoms with van der Waals surface area (Å²) in [5.74, 6) is -0.521. The predicted octanol–water partition coefficient (Wildman–Crippen LogP) is 1.95. The number of rotatable bonds is 2. The first-order valence-electron chi connectivity index (χ1n) is 4.88. The molecule has 2 aromatic rings. The van der Waals surface area contributed by atoms with E-state index in [0.717, 1.165) is 10.9 Å². The molecule has 0 aliphatic heterocycles. The number of esters is 1. The van der Waals surface area contributed by atoms with Crippen molar-refractivity contribution in [1.82, 2.24) is 0 Å². The van der Waals surface area contributed by atoms with Crippen molar-refractivity contribution < 1.29 is 19.1 Å². The highest BCUT2D eigenvalue weighted by Gasteiger charge is 2.22. The second-order valence-electron chi connectivity index (χ2n) is 3.56. The number of carbonyl (C=O) groups is 1. The molecule has 0 saturated heterocycles. The summed E-state index contributed by atoms with van der Waals surface area (Å²) in [4.78, 5) is 11.1. The summed E-state index contributed by atoms with van der Waals surface area (Å²) in [6.45, 7) is 1.94. The Morgan fingerprint density at radius 3 is 2.88 bits per heavy atom. The number of ether oxygens (including phenoxy) is 1. The fourth-order valence-electron chi connectivity index (χ4n) is 1.59. The molecule has 0 radical (unpaired) electrons. The Balaban J connectivity index is 2.47. The van der Waals surface area contributed by atoms with Gasteiger partial charge in [-0.25, -0.2) is 4.79 Å². The molecule has 1 aromatic heterocycles. The zero-order valence-electron chi connectivity index (χ0n) is 9.06. The molecule has 1 atom stereocenters. The van der Waals surface area contributed by atoms with E-state index in [1.165, 1.54) is 7.11 Å². The number of furan rings is 1. The number of aryl methyl sites for hydroxylation is 1. The van der Waals surface area contributed by atoms with Gasteiger partial charge in [0.1, 0.15) is 11.3 Å². The van der Waals surface area contributed by atoms with Crippen LogP contribution in [-0.2, 0) is 9.53 Å². The molecule has 16 heavy (non-hydrogen) atoms. The van der Waals surface area contributed by atoms with Gasteiger partial charge in [0, 0.05) is 5.39 Å². The molecule has 4 heteroatoms. The van der Waals surface area contributed by atoms with E-state index in [1.54, 1.807) is 12.1 Å². The van der Waals surface area contributed by atoms with Crippen LogP contribution in [0, 0.1) is 6.92 Å². The third kappa shape index (κ3) is 1.67. The fraction of sp³-hybridized carbons (Fsp3) is 0.250. The molecule has 4 nitrogen and oxygen atoms in total. The third-order valence-corrected chi connectivity index (χ3v) is 2.49. The van der Waals surface area contributed by atoms with E-state index in [0.29, 0.717) is 5.58 Å². The second-order valence-corrected chi connectivity index (χ2v) is 3.56. The topological polar surface area (TPSA) is 59.7 Å². The maximum atomic E-state index is 11.1. The summed E-state index contributed by atoms with van der Waals surface area (Å²) in [6, 6.07) is 7.24. The minimum absolute atomic E-state index is 0.205. The van der Waals surface area contributed by atoms with E-state index >= 15 is 0 Å². The quantitative estimate of drug-likeness (QED) is 0.786. The first-order valence-corrected chi connectivity index (χ1v) is 4.88. The van der Waals surface area contributed by atoms with Gasteiger partial charge in [-0.1, -0.05) is 12.1 Å². The van der Waals surface area contributed by atoms with Gasteiger partial charge < -0.3 is 14.3 Å². The van der Waals surface area contributed by atoms with E-state index in [2.05, 4.69) is 4.74 Å². The lowest BCUT2D eigenvalue weighted by molar-refractivity contribution is -0.151. The molecule has 0 aliphatic carbocycles. The van der Waals surface area contributed by atoms with Crippen LogP contribution in [0.15, 0.2) is 28.7 Å². The van der Waals surface area contributed by atoms with Crippen LogP contribution in [0.2, 0.25) is 0 Å². The van der Waals surface area contributed by atoms with Crippen molar-refractivity contribution in [3.05, 3.63) is 35.6 Å². The number of aliphatic hydroxyl groups is 1. The number of fused-ring (bicyclic) bond motifs is 1. The largest absolute Gasteiger partial charge is 0.467 e. The van der Waals surface area contributed by atoms with Crippen LogP contribution in [0.3, 0.4) is 0 Å².